The lowest BCUT2D eigenvalue weighted by atomic mass is 10.3. The van der Waals surface area contributed by atoms with Crippen molar-refractivity contribution in [2.75, 3.05) is 5.32 Å². The number of carbonyl (C=O) groups is 1. The molecule has 2 rings (SSSR count). The first-order valence-electron chi connectivity index (χ1n) is 4.86. The van der Waals surface area contributed by atoms with Gasteiger partial charge in [-0.2, -0.15) is 14.6 Å². The molecule has 1 heterocycles. The highest BCUT2D eigenvalue weighted by Crippen LogP contribution is 2.16. The summed E-state index contributed by atoms with van der Waals surface area (Å²) in [4.78, 5) is 12.8. The first kappa shape index (κ1) is 13.0. The van der Waals surface area contributed by atoms with E-state index in [1.807, 2.05) is 0 Å². The smallest absolute Gasteiger partial charge is 0.472 e. The van der Waals surface area contributed by atoms with Crippen molar-refractivity contribution in [1.29, 1.82) is 0 Å². The Kier molecular flexibility index (Phi) is 3.67. The van der Waals surface area contributed by atoms with E-state index in [0.29, 0.717) is 5.69 Å². The van der Waals surface area contributed by atoms with Crippen molar-refractivity contribution in [3.63, 3.8) is 0 Å². The van der Waals surface area contributed by atoms with Gasteiger partial charge in [-0.25, -0.2) is 0 Å². The molecule has 18 heavy (non-hydrogen) atoms. The quantitative estimate of drug-likeness (QED) is 0.742. The lowest BCUT2D eigenvalue weighted by Crippen LogP contribution is -2.68. The van der Waals surface area contributed by atoms with Crippen molar-refractivity contribution >= 4 is 43.6 Å². The number of halogens is 2. The van der Waals surface area contributed by atoms with Gasteiger partial charge in [0.2, 0.25) is 4.85 Å². The van der Waals surface area contributed by atoms with Crippen LogP contribution in [0.1, 0.15) is 0 Å². The molecule has 2 N–H and O–H groups in total. The van der Waals surface area contributed by atoms with Crippen molar-refractivity contribution in [3.8, 4) is 5.95 Å². The molecule has 0 fully saturated rings. The Balaban J connectivity index is 2.22. The Bertz CT molecular complexity index is 595. The minimum absolute atomic E-state index is 0.272. The molecular formula is C10H9Br2N3O3+2. The number of nitrogens with one attached hydrogen (secondary N) is 1. The summed E-state index contributed by atoms with van der Waals surface area (Å²) in [5, 5.41) is 12.0. The summed E-state index contributed by atoms with van der Waals surface area (Å²) in [7, 11) is 1.56. The topological polar surface area (TPSA) is 70.2 Å². The third-order valence-electron chi connectivity index (χ3n) is 2.18. The first-order chi connectivity index (χ1) is 8.49. The lowest BCUT2D eigenvalue weighted by molar-refractivity contribution is -1.26. The number of rotatable bonds is 1. The predicted octanol–water partition coefficient (Wildman–Crippen LogP) is 1.70. The zero-order chi connectivity index (χ0) is 13.3. The van der Waals surface area contributed by atoms with Gasteiger partial charge in [-0.05, 0) is 24.3 Å². The third-order valence-corrected chi connectivity index (χ3v) is 3.56. The SMILES string of the molecule is C[n+]1c(Br)c(O)o[n+]1C(=O)Nc1ccc(Br)cc1. The first-order valence-corrected chi connectivity index (χ1v) is 6.44. The fraction of sp³-hybridized carbons (Fsp3) is 0.100. The van der Waals surface area contributed by atoms with E-state index < -0.39 is 6.03 Å². The van der Waals surface area contributed by atoms with Gasteiger partial charge in [-0.3, -0.25) is 0 Å². The molecule has 0 saturated heterocycles. The number of carbonyl (C=O) groups excluding carboxylic acids is 1. The molecule has 0 bridgehead atoms. The predicted molar refractivity (Wildman–Crippen MR) is 68.0 cm³/mol. The number of benzene rings is 1. The van der Waals surface area contributed by atoms with Crippen LogP contribution in [0.15, 0.2) is 37.9 Å². The van der Waals surface area contributed by atoms with Crippen LogP contribution in [0.25, 0.3) is 0 Å². The monoisotopic (exact) mass is 377 g/mol. The normalized spacial score (nSPS) is 10.4. The molecule has 0 aliphatic heterocycles. The second-order valence-electron chi connectivity index (χ2n) is 3.42. The van der Waals surface area contributed by atoms with Gasteiger partial charge in [-0.15, -0.1) is 0 Å². The van der Waals surface area contributed by atoms with Crippen LogP contribution < -0.4 is 14.9 Å². The van der Waals surface area contributed by atoms with E-state index in [2.05, 4.69) is 37.2 Å². The van der Waals surface area contributed by atoms with Gasteiger partial charge in [0.25, 0.3) is 0 Å². The summed E-state index contributed by atoms with van der Waals surface area (Å²) >= 11 is 6.38. The van der Waals surface area contributed by atoms with E-state index in [1.165, 1.54) is 4.68 Å². The molecule has 8 heteroatoms. The number of anilines is 1. The van der Waals surface area contributed by atoms with Gasteiger partial charge < -0.3 is 5.11 Å². The number of nitrogens with zero attached hydrogens (tertiary/aromatic N) is 2. The van der Waals surface area contributed by atoms with Crippen LogP contribution in [-0.4, -0.2) is 11.1 Å². The lowest BCUT2D eigenvalue weighted by Gasteiger charge is -1.94. The van der Waals surface area contributed by atoms with Gasteiger partial charge in [0.15, 0.2) is 7.05 Å². The van der Waals surface area contributed by atoms with Gasteiger partial charge in [-0.1, -0.05) is 15.9 Å². The van der Waals surface area contributed by atoms with E-state index >= 15 is 0 Å². The van der Waals surface area contributed by atoms with Crippen LogP contribution in [0.3, 0.4) is 0 Å². The van der Waals surface area contributed by atoms with E-state index in [9.17, 15) is 9.90 Å². The molecule has 0 aliphatic carbocycles. The summed E-state index contributed by atoms with van der Waals surface area (Å²) in [5.41, 5.74) is 0.614. The Labute approximate surface area is 119 Å². The average molecular weight is 379 g/mol. The molecule has 0 radical (unpaired) electrons. The molecule has 94 valence electrons. The van der Waals surface area contributed by atoms with Crippen molar-refractivity contribution < 1.29 is 24.0 Å². The average Bonchev–Trinajstić information content (AvgIpc) is 2.60. The van der Waals surface area contributed by atoms with E-state index in [0.717, 1.165) is 9.33 Å². The van der Waals surface area contributed by atoms with Gasteiger partial charge in [0.05, 0.1) is 0 Å². The molecule has 0 aliphatic rings. The zero-order valence-corrected chi connectivity index (χ0v) is 12.4. The summed E-state index contributed by atoms with van der Waals surface area (Å²) in [6.07, 6.45) is 0. The Morgan fingerprint density at radius 3 is 2.44 bits per heavy atom. The molecule has 6 nitrogen and oxygen atoms in total. The fourth-order valence-electron chi connectivity index (χ4n) is 1.28. The number of hydrogen-bond acceptors (Lipinski definition) is 3. The molecule has 0 unspecified atom stereocenters. The summed E-state index contributed by atoms with van der Waals surface area (Å²) < 4.78 is 7.38. The molecule has 1 aromatic carbocycles. The van der Waals surface area contributed by atoms with Crippen LogP contribution >= 0.6 is 31.9 Å². The summed E-state index contributed by atoms with van der Waals surface area (Å²) in [6.45, 7) is 0. The number of amides is 1. The second kappa shape index (κ2) is 5.07. The van der Waals surface area contributed by atoms with Crippen LogP contribution in [0.5, 0.6) is 5.95 Å². The minimum atomic E-state index is -0.527. The van der Waals surface area contributed by atoms with Crippen LogP contribution in [0, 0.1) is 0 Å². The maximum Gasteiger partial charge on any atom is 0.597 e. The van der Waals surface area contributed by atoms with Crippen molar-refractivity contribution in [3.05, 3.63) is 33.3 Å². The van der Waals surface area contributed by atoms with Crippen LogP contribution in [-0.2, 0) is 7.05 Å². The second-order valence-corrected chi connectivity index (χ2v) is 5.09. The number of aromatic nitrogens is 2. The molecule has 1 amide bonds. The largest absolute Gasteiger partial charge is 0.597 e. The zero-order valence-electron chi connectivity index (χ0n) is 9.22. The highest BCUT2D eigenvalue weighted by atomic mass is 79.9. The van der Waals surface area contributed by atoms with Crippen LogP contribution in [0.2, 0.25) is 0 Å². The van der Waals surface area contributed by atoms with Gasteiger partial charge in [0.1, 0.15) is 5.69 Å². The standard InChI is InChI=1S/C10H7Br2N3O3/c1-14-8(12)9(16)18-15(14)10(17)13-7-4-2-6(11)3-5-7/h2-5H,1H3/p+2. The Hall–Kier alpha value is -1.41. The molecule has 0 spiro atoms. The summed E-state index contributed by atoms with van der Waals surface area (Å²) in [6, 6.07) is 6.55. The minimum Gasteiger partial charge on any atom is -0.472 e. The number of hydrogen-bond donors (Lipinski definition) is 2. The fourth-order valence-corrected chi connectivity index (χ4v) is 1.76. The molecular weight excluding hydrogens is 370 g/mol. The maximum atomic E-state index is 11.9. The van der Waals surface area contributed by atoms with E-state index in [-0.39, 0.29) is 10.5 Å². The highest BCUT2D eigenvalue weighted by molar-refractivity contribution is 9.10. The van der Waals surface area contributed by atoms with Gasteiger partial charge >= 0.3 is 16.6 Å². The van der Waals surface area contributed by atoms with Crippen molar-refractivity contribution in [1.82, 2.24) is 0 Å². The molecule has 1 aromatic heterocycles. The highest BCUT2D eigenvalue weighted by Gasteiger charge is 2.34. The molecule has 2 aromatic rings. The van der Waals surface area contributed by atoms with E-state index in [4.69, 9.17) is 4.52 Å². The third kappa shape index (κ3) is 2.54. The maximum absolute atomic E-state index is 11.9. The Morgan fingerprint density at radius 1 is 1.33 bits per heavy atom. The van der Waals surface area contributed by atoms with Crippen molar-refractivity contribution in [2.45, 2.75) is 0 Å². The van der Waals surface area contributed by atoms with Gasteiger partial charge in [0, 0.05) is 25.1 Å². The van der Waals surface area contributed by atoms with Crippen molar-refractivity contribution in [2.24, 2.45) is 7.05 Å². The Morgan fingerprint density at radius 2 is 1.94 bits per heavy atom. The summed E-state index contributed by atoms with van der Waals surface area (Å²) in [5.74, 6) is -0.372. The molecule has 0 saturated carbocycles. The van der Waals surface area contributed by atoms with Crippen LogP contribution in [0.4, 0.5) is 10.5 Å². The molecule has 0 atom stereocenters. The van der Waals surface area contributed by atoms with E-state index in [1.54, 1.807) is 31.3 Å². The number of aromatic hydroxyl groups is 1.